The van der Waals surface area contributed by atoms with E-state index in [1.165, 1.54) is 0 Å². The molecule has 0 aliphatic rings. The molecule has 0 heterocycles. The van der Waals surface area contributed by atoms with Crippen molar-refractivity contribution in [2.45, 2.75) is 33.0 Å². The first-order valence-corrected chi connectivity index (χ1v) is 2.92. The maximum absolute atomic E-state index is 8.83. The van der Waals surface area contributed by atoms with Gasteiger partial charge in [-0.1, -0.05) is 6.92 Å². The van der Waals surface area contributed by atoms with Crippen molar-refractivity contribution < 1.29 is 59.6 Å². The fourth-order valence-electron chi connectivity index (χ4n) is 0.403. The van der Waals surface area contributed by atoms with Crippen molar-refractivity contribution in [3.05, 3.63) is 0 Å². The molecule has 2 N–H and O–H groups in total. The third kappa shape index (κ3) is 5.93. The Morgan fingerprint density at radius 3 is 1.11 bits per heavy atom. The van der Waals surface area contributed by atoms with Crippen molar-refractivity contribution in [3.8, 4) is 0 Å². The monoisotopic (exact) mass is 271 g/mol. The molecule has 0 saturated heterocycles. The summed E-state index contributed by atoms with van der Waals surface area (Å²) >= 11 is 0. The summed E-state index contributed by atoms with van der Waals surface area (Å²) in [6, 6.07) is 0. The van der Waals surface area contributed by atoms with Crippen LogP contribution in [0.2, 0.25) is 0 Å². The predicted molar refractivity (Wildman–Crippen MR) is 32.5 cm³/mol. The van der Waals surface area contributed by atoms with Crippen LogP contribution < -0.4 is 0 Å². The molecule has 9 heavy (non-hydrogen) atoms. The van der Waals surface area contributed by atoms with Crippen LogP contribution in [0.15, 0.2) is 0 Å². The second-order valence-corrected chi connectivity index (χ2v) is 2.34. The van der Waals surface area contributed by atoms with E-state index in [2.05, 4.69) is 0 Å². The Hall–Kier alpha value is 1.50. The topological polar surface area (TPSA) is 40.5 Å². The Morgan fingerprint density at radius 2 is 1.11 bits per heavy atom. The second-order valence-electron chi connectivity index (χ2n) is 2.34. The minimum Gasteiger partial charge on any atom is -0.393 e. The van der Waals surface area contributed by atoms with E-state index in [0.717, 1.165) is 0 Å². The molecule has 0 aliphatic carbocycles. The van der Waals surface area contributed by atoms with Gasteiger partial charge in [-0.15, -0.1) is 0 Å². The van der Waals surface area contributed by atoms with E-state index in [9.17, 15) is 0 Å². The van der Waals surface area contributed by atoms with Crippen LogP contribution in [-0.4, -0.2) is 22.4 Å². The van der Waals surface area contributed by atoms with Crippen LogP contribution in [0.1, 0.15) is 20.8 Å². The summed E-state index contributed by atoms with van der Waals surface area (Å²) in [7, 11) is 0. The summed E-state index contributed by atoms with van der Waals surface area (Å²) in [4.78, 5) is 0. The number of hydrogen-bond donors (Lipinski definition) is 2. The number of rotatable bonds is 2. The van der Waals surface area contributed by atoms with Gasteiger partial charge in [0.05, 0.1) is 12.2 Å². The molecular weight excluding hydrogens is 256 g/mol. The smallest absolute Gasteiger partial charge is 0.0562 e. The van der Waals surface area contributed by atoms with Gasteiger partial charge in [0.1, 0.15) is 0 Å². The minimum absolute atomic E-state index is 0. The van der Waals surface area contributed by atoms with Crippen molar-refractivity contribution in [1.82, 2.24) is 0 Å². The van der Waals surface area contributed by atoms with Gasteiger partial charge < -0.3 is 10.2 Å². The summed E-state index contributed by atoms with van der Waals surface area (Å²) in [5.41, 5.74) is 0. The van der Waals surface area contributed by atoms with Crippen LogP contribution in [0.25, 0.3) is 0 Å². The molecule has 3 heteroatoms. The fraction of sp³-hybridized carbons (Fsp3) is 1.00. The van der Waals surface area contributed by atoms with Crippen LogP contribution in [-0.2, 0) is 0 Å². The van der Waals surface area contributed by atoms with Gasteiger partial charge in [-0.05, 0) is 13.8 Å². The zero-order chi connectivity index (χ0) is 6.73. The summed E-state index contributed by atoms with van der Waals surface area (Å²) in [5.74, 6) is -0.0185. The van der Waals surface area contributed by atoms with E-state index in [0.29, 0.717) is 0 Å². The zero-order valence-electron chi connectivity index (χ0n) is 6.00. The maximum atomic E-state index is 8.83. The van der Waals surface area contributed by atoms with E-state index in [1.807, 2.05) is 6.92 Å². The van der Waals surface area contributed by atoms with Crippen LogP contribution in [0, 0.1) is 55.3 Å². The maximum Gasteiger partial charge on any atom is 0.0562 e. The van der Waals surface area contributed by atoms with E-state index in [-0.39, 0.29) is 55.3 Å². The molecule has 0 aromatic carbocycles. The quantitative estimate of drug-likeness (QED) is 0.762. The Kier molecular flexibility index (Phi) is 9.08. The first-order valence-electron chi connectivity index (χ1n) is 2.92. The molecule has 2 unspecified atom stereocenters. The molecule has 0 aromatic rings. The predicted octanol–water partition coefficient (Wildman–Crippen LogP) is 0.384. The SMILES string of the molecule is CC(O)C(C)C(C)O.[Eu]. The van der Waals surface area contributed by atoms with Crippen molar-refractivity contribution >= 4 is 0 Å². The first-order chi connectivity index (χ1) is 3.55. The third-order valence-electron chi connectivity index (χ3n) is 1.52. The summed E-state index contributed by atoms with van der Waals surface area (Å²) in [6.07, 6.45) is -0.815. The molecule has 0 fully saturated rings. The second kappa shape index (κ2) is 6.23. The number of aliphatic hydroxyl groups is 2. The molecule has 0 amide bonds. The standard InChI is InChI=1S/C6H14O2.Eu/c1-4(5(2)7)6(3)8;/h4-8H,1-3H3;. The Morgan fingerprint density at radius 1 is 0.889 bits per heavy atom. The Balaban J connectivity index is 0. The summed E-state index contributed by atoms with van der Waals surface area (Å²) < 4.78 is 0. The van der Waals surface area contributed by atoms with Crippen LogP contribution >= 0.6 is 0 Å². The van der Waals surface area contributed by atoms with E-state index in [4.69, 9.17) is 10.2 Å². The van der Waals surface area contributed by atoms with Gasteiger partial charge in [0.15, 0.2) is 0 Å². The van der Waals surface area contributed by atoms with Gasteiger partial charge in [0.2, 0.25) is 0 Å². The van der Waals surface area contributed by atoms with Crippen LogP contribution in [0.5, 0.6) is 0 Å². The average Bonchev–Trinajstić information content (AvgIpc) is 1.64. The summed E-state index contributed by atoms with van der Waals surface area (Å²) in [6.45, 7) is 5.17. The molecule has 1 radical (unpaired) electrons. The molecular formula is C6H14EuO2. The average molecular weight is 270 g/mol. The molecule has 2 atom stereocenters. The van der Waals surface area contributed by atoms with Gasteiger partial charge in [0, 0.05) is 55.3 Å². The largest absolute Gasteiger partial charge is 0.393 e. The minimum atomic E-state index is -0.407. The van der Waals surface area contributed by atoms with Gasteiger partial charge in [-0.3, -0.25) is 0 Å². The molecule has 0 aromatic heterocycles. The zero-order valence-corrected chi connectivity index (χ0v) is 8.43. The Bertz CT molecular complexity index is 56.1. The van der Waals surface area contributed by atoms with Gasteiger partial charge >= 0.3 is 0 Å². The molecule has 0 saturated carbocycles. The molecule has 0 spiro atoms. The Labute approximate surface area is 97.2 Å². The molecule has 0 aliphatic heterocycles. The third-order valence-corrected chi connectivity index (χ3v) is 1.52. The van der Waals surface area contributed by atoms with E-state index >= 15 is 0 Å². The molecule has 2 nitrogen and oxygen atoms in total. The van der Waals surface area contributed by atoms with E-state index < -0.39 is 12.2 Å². The summed E-state index contributed by atoms with van der Waals surface area (Å²) in [5, 5.41) is 17.7. The van der Waals surface area contributed by atoms with Crippen LogP contribution in [0.4, 0.5) is 0 Å². The van der Waals surface area contributed by atoms with Crippen molar-refractivity contribution in [3.63, 3.8) is 0 Å². The van der Waals surface area contributed by atoms with Crippen LogP contribution in [0.3, 0.4) is 0 Å². The van der Waals surface area contributed by atoms with Gasteiger partial charge in [-0.2, -0.15) is 0 Å². The molecule has 57 valence electrons. The molecule has 0 rings (SSSR count). The van der Waals surface area contributed by atoms with Crippen molar-refractivity contribution in [2.75, 3.05) is 0 Å². The van der Waals surface area contributed by atoms with E-state index in [1.54, 1.807) is 13.8 Å². The van der Waals surface area contributed by atoms with Crippen molar-refractivity contribution in [2.24, 2.45) is 5.92 Å². The van der Waals surface area contributed by atoms with Gasteiger partial charge in [0.25, 0.3) is 0 Å². The number of aliphatic hydroxyl groups excluding tert-OH is 2. The molecule has 0 bridgehead atoms. The van der Waals surface area contributed by atoms with Crippen molar-refractivity contribution in [1.29, 1.82) is 0 Å². The normalized spacial score (nSPS) is 19.7. The first kappa shape index (κ1) is 13.1. The number of hydrogen-bond acceptors (Lipinski definition) is 2. The van der Waals surface area contributed by atoms with Gasteiger partial charge in [-0.25, -0.2) is 0 Å². The fourth-order valence-corrected chi connectivity index (χ4v) is 0.403.